The fourth-order valence-corrected chi connectivity index (χ4v) is 11.1. The molecular formula is C69H85ClN12O10. The minimum absolute atomic E-state index is 0.00894. The Bertz CT molecular complexity index is 3420. The van der Waals surface area contributed by atoms with E-state index in [9.17, 15) is 43.5 Å². The highest BCUT2D eigenvalue weighted by atomic mass is 35.5. The van der Waals surface area contributed by atoms with Gasteiger partial charge in [-0.15, -0.1) is 0 Å². The van der Waals surface area contributed by atoms with E-state index in [-0.39, 0.29) is 56.4 Å². The van der Waals surface area contributed by atoms with Crippen molar-refractivity contribution in [2.24, 2.45) is 5.92 Å². The van der Waals surface area contributed by atoms with Crippen LogP contribution in [0.15, 0.2) is 146 Å². The summed E-state index contributed by atoms with van der Waals surface area (Å²) in [4.78, 5) is 139. The van der Waals surface area contributed by atoms with E-state index in [1.807, 2.05) is 56.3 Å². The zero-order valence-corrected chi connectivity index (χ0v) is 53.3. The predicted octanol–water partition coefficient (Wildman–Crippen LogP) is 4.16. The topological polar surface area (TPSA) is 302 Å². The van der Waals surface area contributed by atoms with Gasteiger partial charge in [0, 0.05) is 89.1 Å². The van der Waals surface area contributed by atoms with Crippen molar-refractivity contribution >= 4 is 75.5 Å². The van der Waals surface area contributed by atoms with Gasteiger partial charge in [-0.05, 0) is 121 Å². The van der Waals surface area contributed by atoms with E-state index in [2.05, 4.69) is 57.4 Å². The molecule has 7 rings (SSSR count). The zero-order chi connectivity index (χ0) is 65.9. The van der Waals surface area contributed by atoms with Gasteiger partial charge in [-0.1, -0.05) is 116 Å². The number of aromatic nitrogens is 2. The molecule has 4 aromatic carbocycles. The van der Waals surface area contributed by atoms with E-state index in [1.165, 1.54) is 32.6 Å². The lowest BCUT2D eigenvalue weighted by molar-refractivity contribution is -0.144. The molecule has 2 aromatic heterocycles. The molecule has 1 fully saturated rings. The Morgan fingerprint density at radius 2 is 1.10 bits per heavy atom. The first-order valence-corrected chi connectivity index (χ1v) is 31.7. The van der Waals surface area contributed by atoms with Crippen LogP contribution in [0.1, 0.15) is 91.9 Å². The van der Waals surface area contributed by atoms with Crippen LogP contribution in [0.25, 0.3) is 10.8 Å². The first kappa shape index (κ1) is 70.3. The van der Waals surface area contributed by atoms with E-state index in [1.54, 1.807) is 85.1 Å². The number of fused-ring (bicyclic) bond motifs is 1. The van der Waals surface area contributed by atoms with Crippen molar-refractivity contribution in [2.75, 3.05) is 46.4 Å². The lowest BCUT2D eigenvalue weighted by Gasteiger charge is -2.32. The van der Waals surface area contributed by atoms with E-state index in [4.69, 9.17) is 11.6 Å². The Kier molecular flexibility index (Phi) is 27.6. The molecule has 7 atom stereocenters. The summed E-state index contributed by atoms with van der Waals surface area (Å²) in [6.45, 7) is 7.35. The van der Waals surface area contributed by atoms with Gasteiger partial charge in [-0.2, -0.15) is 0 Å². The number of carbonyl (C=O) groups is 9. The molecule has 6 aromatic rings. The molecule has 9 amide bonds. The van der Waals surface area contributed by atoms with Crippen LogP contribution in [-0.4, -0.2) is 167 Å². The first-order chi connectivity index (χ1) is 44.3. The number of amides is 9. The molecule has 0 unspecified atom stereocenters. The van der Waals surface area contributed by atoms with E-state index < -0.39 is 90.3 Å². The van der Waals surface area contributed by atoms with Crippen LogP contribution in [0.5, 0.6) is 0 Å². The van der Waals surface area contributed by atoms with Gasteiger partial charge in [-0.25, -0.2) is 0 Å². The maximum atomic E-state index is 15.0. The summed E-state index contributed by atoms with van der Waals surface area (Å²) in [5, 5.41) is 35.9. The maximum absolute atomic E-state index is 15.0. The van der Waals surface area contributed by atoms with Crippen LogP contribution in [0.3, 0.4) is 0 Å². The van der Waals surface area contributed by atoms with Gasteiger partial charge in [0.2, 0.25) is 47.3 Å². The van der Waals surface area contributed by atoms with Crippen molar-refractivity contribution in [2.45, 2.75) is 127 Å². The molecule has 0 aliphatic carbocycles. The molecule has 0 spiro atoms. The molecule has 1 saturated heterocycles. The molecule has 23 heteroatoms. The minimum Gasteiger partial charge on any atom is -0.394 e. The molecule has 3 heterocycles. The molecule has 92 heavy (non-hydrogen) atoms. The van der Waals surface area contributed by atoms with Gasteiger partial charge in [0.25, 0.3) is 5.91 Å². The number of likely N-dealkylation sites (N-methyl/N-ethyl adjacent to an activating group) is 1. The van der Waals surface area contributed by atoms with E-state index >= 15 is 4.79 Å². The van der Waals surface area contributed by atoms with Crippen LogP contribution in [0.4, 0.5) is 0 Å². The number of hydrogen-bond acceptors (Lipinski definition) is 13. The molecule has 0 saturated carbocycles. The molecular weight excluding hydrogens is 1190 g/mol. The Hall–Kier alpha value is -9.12. The number of aliphatic hydroxyl groups excluding tert-OH is 1. The summed E-state index contributed by atoms with van der Waals surface area (Å²) in [7, 11) is 1.34. The quantitative estimate of drug-likeness (QED) is 0.0257. The lowest BCUT2D eigenvalue weighted by Crippen LogP contribution is -2.61. The number of likely N-dealkylation sites (tertiary alicyclic amines) is 1. The highest BCUT2D eigenvalue weighted by Crippen LogP contribution is 2.19. The van der Waals surface area contributed by atoms with Gasteiger partial charge in [0.1, 0.15) is 42.3 Å². The number of hydrogen-bond donors (Lipinski definition) is 9. The monoisotopic (exact) mass is 1280 g/mol. The fraction of sp³-hybridized carbons (Fsp3) is 0.406. The van der Waals surface area contributed by atoms with Gasteiger partial charge in [0.15, 0.2) is 0 Å². The Morgan fingerprint density at radius 3 is 1.73 bits per heavy atom. The first-order valence-electron chi connectivity index (χ1n) is 31.3. The fourth-order valence-electron chi connectivity index (χ4n) is 11.0. The van der Waals surface area contributed by atoms with Gasteiger partial charge >= 0.3 is 0 Å². The molecule has 22 nitrogen and oxygen atoms in total. The second-order valence-corrected chi connectivity index (χ2v) is 24.1. The molecule has 9 N–H and O–H groups in total. The number of benzene rings is 4. The summed E-state index contributed by atoms with van der Waals surface area (Å²) in [6.07, 6.45) is 8.99. The Labute approximate surface area is 542 Å². The summed E-state index contributed by atoms with van der Waals surface area (Å²) < 4.78 is 0. The number of halogens is 1. The smallest absolute Gasteiger partial charge is 0.252 e. The second-order valence-electron chi connectivity index (χ2n) is 23.6. The van der Waals surface area contributed by atoms with Crippen LogP contribution < -0.4 is 42.5 Å². The summed E-state index contributed by atoms with van der Waals surface area (Å²) in [5.41, 5.74) is 2.83. The predicted molar refractivity (Wildman–Crippen MR) is 350 cm³/mol. The van der Waals surface area contributed by atoms with Crippen molar-refractivity contribution in [3.63, 3.8) is 0 Å². The van der Waals surface area contributed by atoms with E-state index in [0.29, 0.717) is 59.6 Å². The Morgan fingerprint density at radius 1 is 0.543 bits per heavy atom. The summed E-state index contributed by atoms with van der Waals surface area (Å²) in [6, 6.07) is 26.2. The van der Waals surface area contributed by atoms with Crippen LogP contribution >= 0.6 is 11.6 Å². The zero-order valence-electron chi connectivity index (χ0n) is 52.6. The minimum atomic E-state index is -1.70. The Balaban J connectivity index is 1.11. The second kappa shape index (κ2) is 36.1. The van der Waals surface area contributed by atoms with Crippen LogP contribution in [-0.2, 0) is 64.0 Å². The van der Waals surface area contributed by atoms with Crippen molar-refractivity contribution < 1.29 is 48.3 Å². The average molecular weight is 1280 g/mol. The van der Waals surface area contributed by atoms with Crippen molar-refractivity contribution in [1.82, 2.24) is 62.3 Å². The third-order valence-corrected chi connectivity index (χ3v) is 16.2. The lowest BCUT2D eigenvalue weighted by atomic mass is 9.99. The normalized spacial score (nSPS) is 14.5. The van der Waals surface area contributed by atoms with Gasteiger partial charge in [0.05, 0.1) is 12.2 Å². The number of unbranched alkanes of at least 4 members (excludes halogenated alkanes) is 1. The van der Waals surface area contributed by atoms with Gasteiger partial charge < -0.3 is 57.4 Å². The third-order valence-electron chi connectivity index (χ3n) is 15.9. The largest absolute Gasteiger partial charge is 0.394 e. The standard InChI is InChI=1S/C69H85ClN12O10/c1-45(2)36-56(63(86)74-32-35-82-33-12-13-34-82)77-64(87)55(22-10-11-31-73-62(85)53-21-15-30-72-43-53)76-68(91)61(41-47-16-6-5-7-17-47)81(4)69(92)60(44-83)80-67(90)59(40-50-18-14-29-71-42-50)79-66(89)58(38-48-24-27-54(70)28-25-48)78-65(88)57(75-46(3)84)39-49-23-26-51-19-8-9-20-52(51)37-49/h5-9,14-21,23-30,37,42-43,45,55-61,83H,10-13,22,31-36,38-41,44H2,1-4H3,(H,73,85)(H,74,86)(H,75,84)(H,76,91)(H,77,87)(H,78,88)(H,79,89)(H,80,90)/t55-,56+,57-,58-,59-,60+,61+/m1/s1. The van der Waals surface area contributed by atoms with Gasteiger partial charge in [-0.3, -0.25) is 53.1 Å². The number of rotatable bonds is 34. The van der Waals surface area contributed by atoms with Crippen molar-refractivity contribution in [3.05, 3.63) is 179 Å². The maximum Gasteiger partial charge on any atom is 0.252 e. The van der Waals surface area contributed by atoms with E-state index in [0.717, 1.165) is 47.2 Å². The molecule has 1 aliphatic rings. The molecule has 0 bridgehead atoms. The molecule has 488 valence electrons. The van der Waals surface area contributed by atoms with Crippen molar-refractivity contribution in [1.29, 1.82) is 0 Å². The van der Waals surface area contributed by atoms with Crippen molar-refractivity contribution in [3.8, 4) is 0 Å². The van der Waals surface area contributed by atoms with Crippen LogP contribution in [0.2, 0.25) is 5.02 Å². The van der Waals surface area contributed by atoms with Crippen LogP contribution in [0, 0.1) is 5.92 Å². The highest BCUT2D eigenvalue weighted by molar-refractivity contribution is 6.30. The number of nitrogens with zero attached hydrogens (tertiary/aromatic N) is 4. The SMILES string of the molecule is CC(=O)N[C@H](Cc1ccc2ccccc2c1)C(=O)N[C@H](Cc1ccc(Cl)cc1)C(=O)N[C@H](Cc1cccnc1)C(=O)N[C@@H](CO)C(=O)N(C)[C@@H](Cc1ccccc1)C(=O)N[C@H](CCCCNC(=O)c1cccnc1)C(=O)N[C@@H](CC(C)C)C(=O)NCCN1CCCC1. The summed E-state index contributed by atoms with van der Waals surface area (Å²) >= 11 is 6.24. The number of pyridine rings is 2. The highest BCUT2D eigenvalue weighted by Gasteiger charge is 2.37. The summed E-state index contributed by atoms with van der Waals surface area (Å²) in [5.74, 6) is -5.92. The average Bonchev–Trinajstić information content (AvgIpc) is 1.04. The number of nitrogens with one attached hydrogen (secondary N) is 8. The number of aliphatic hydroxyl groups is 1. The molecule has 1 aliphatic heterocycles. The third kappa shape index (κ3) is 22.4. The molecule has 0 radical (unpaired) electrons. The number of carbonyl (C=O) groups excluding carboxylic acids is 9.